The molecule has 0 aromatic heterocycles. The molecule has 1 radical (unpaired) electrons. The van der Waals surface area contributed by atoms with E-state index in [-0.39, 0.29) is 11.6 Å². The van der Waals surface area contributed by atoms with Crippen LogP contribution in [0.25, 0.3) is 0 Å². The zero-order chi connectivity index (χ0) is 12.1. The van der Waals surface area contributed by atoms with Crippen LogP contribution in [0.15, 0.2) is 0 Å². The smallest absolute Gasteiger partial charge is 0.231 e. The Kier molecular flexibility index (Phi) is 4.89. The van der Waals surface area contributed by atoms with Crippen LogP contribution < -0.4 is 0 Å². The number of amides is 1. The highest BCUT2D eigenvalue weighted by Crippen LogP contribution is 2.13. The van der Waals surface area contributed by atoms with Crippen LogP contribution in [0.4, 0.5) is 0 Å². The summed E-state index contributed by atoms with van der Waals surface area (Å²) in [5, 5.41) is 16.9. The first-order valence-electron chi connectivity index (χ1n) is 5.54. The molecule has 91 valence electrons. The number of carbonyl (C=O) groups excluding carboxylic acids is 1. The van der Waals surface area contributed by atoms with Gasteiger partial charge in [0.1, 0.15) is 0 Å². The standard InChI is InChI=1S/C11H19N2O3/c1-3-9(10(12)8(2)14)11(15)13-4-6-16-7-5-13/h8-9,12,14H,2-7H2,1H3. The number of nitrogens with zero attached hydrogens (tertiary/aromatic N) is 1. The zero-order valence-corrected chi connectivity index (χ0v) is 9.61. The fourth-order valence-corrected chi connectivity index (χ4v) is 1.76. The SMILES string of the molecule is [CH2]C(O)C(=N)C(CC)C(=O)N1CCOCC1. The first-order valence-corrected chi connectivity index (χ1v) is 5.54. The maximum absolute atomic E-state index is 12.1. The molecule has 0 aromatic carbocycles. The number of aliphatic hydroxyl groups is 1. The first-order chi connectivity index (χ1) is 7.57. The van der Waals surface area contributed by atoms with Crippen LogP contribution in [0.1, 0.15) is 13.3 Å². The summed E-state index contributed by atoms with van der Waals surface area (Å²) in [5.74, 6) is -0.649. The molecule has 1 amide bonds. The molecule has 1 fully saturated rings. The van der Waals surface area contributed by atoms with E-state index in [1.54, 1.807) is 4.90 Å². The van der Waals surface area contributed by atoms with Crippen molar-refractivity contribution in [3.8, 4) is 0 Å². The lowest BCUT2D eigenvalue weighted by Gasteiger charge is -2.30. The molecule has 1 heterocycles. The highest BCUT2D eigenvalue weighted by atomic mass is 16.5. The molecular weight excluding hydrogens is 208 g/mol. The maximum atomic E-state index is 12.1. The molecule has 2 atom stereocenters. The van der Waals surface area contributed by atoms with Gasteiger partial charge < -0.3 is 20.2 Å². The summed E-state index contributed by atoms with van der Waals surface area (Å²) in [7, 11) is 0. The summed E-state index contributed by atoms with van der Waals surface area (Å²) in [4.78, 5) is 13.8. The normalized spacial score (nSPS) is 20.3. The van der Waals surface area contributed by atoms with Crippen LogP contribution in [0.2, 0.25) is 0 Å². The molecule has 0 spiro atoms. The van der Waals surface area contributed by atoms with Crippen molar-refractivity contribution < 1.29 is 14.6 Å². The second-order valence-corrected chi connectivity index (χ2v) is 3.87. The molecule has 0 aromatic rings. The number of carbonyl (C=O) groups is 1. The van der Waals surface area contributed by atoms with Gasteiger partial charge in [-0.2, -0.15) is 0 Å². The van der Waals surface area contributed by atoms with Crippen molar-refractivity contribution in [2.45, 2.75) is 19.4 Å². The zero-order valence-electron chi connectivity index (χ0n) is 9.61. The average molecular weight is 227 g/mol. The summed E-state index contributed by atoms with van der Waals surface area (Å²) in [6, 6.07) is 0. The average Bonchev–Trinajstić information content (AvgIpc) is 2.30. The van der Waals surface area contributed by atoms with E-state index < -0.39 is 12.0 Å². The Morgan fingerprint density at radius 2 is 2.12 bits per heavy atom. The van der Waals surface area contributed by atoms with Crippen molar-refractivity contribution in [1.29, 1.82) is 5.41 Å². The first kappa shape index (κ1) is 13.1. The van der Waals surface area contributed by atoms with E-state index in [0.29, 0.717) is 32.7 Å². The Labute approximate surface area is 95.9 Å². The van der Waals surface area contributed by atoms with E-state index in [1.165, 1.54) is 0 Å². The van der Waals surface area contributed by atoms with Crippen molar-refractivity contribution >= 4 is 11.6 Å². The minimum atomic E-state index is -1.10. The van der Waals surface area contributed by atoms with Gasteiger partial charge in [0.15, 0.2) is 0 Å². The van der Waals surface area contributed by atoms with E-state index in [0.717, 1.165) is 0 Å². The van der Waals surface area contributed by atoms with E-state index in [1.807, 2.05) is 6.92 Å². The van der Waals surface area contributed by atoms with Gasteiger partial charge in [0.05, 0.1) is 25.2 Å². The third-order valence-corrected chi connectivity index (χ3v) is 2.76. The number of hydrogen-bond donors (Lipinski definition) is 2. The van der Waals surface area contributed by atoms with E-state index in [9.17, 15) is 9.90 Å². The van der Waals surface area contributed by atoms with Crippen LogP contribution in [-0.2, 0) is 9.53 Å². The summed E-state index contributed by atoms with van der Waals surface area (Å²) in [6.45, 7) is 7.42. The van der Waals surface area contributed by atoms with Crippen LogP contribution in [-0.4, -0.2) is 54.0 Å². The molecule has 2 N–H and O–H groups in total. The van der Waals surface area contributed by atoms with Crippen molar-refractivity contribution in [2.24, 2.45) is 5.92 Å². The number of ether oxygens (including phenoxy) is 1. The van der Waals surface area contributed by atoms with Crippen molar-refractivity contribution in [3.63, 3.8) is 0 Å². The predicted octanol–water partition coefficient (Wildman–Crippen LogP) is 0.0862. The minimum Gasteiger partial charge on any atom is -0.387 e. The van der Waals surface area contributed by atoms with Gasteiger partial charge in [-0.15, -0.1) is 0 Å². The molecular formula is C11H19N2O3. The van der Waals surface area contributed by atoms with E-state index >= 15 is 0 Å². The monoisotopic (exact) mass is 227 g/mol. The van der Waals surface area contributed by atoms with Crippen LogP contribution in [0, 0.1) is 18.3 Å². The van der Waals surface area contributed by atoms with Crippen LogP contribution in [0.5, 0.6) is 0 Å². The maximum Gasteiger partial charge on any atom is 0.231 e. The number of nitrogens with one attached hydrogen (secondary N) is 1. The lowest BCUT2D eigenvalue weighted by Crippen LogP contribution is -2.46. The van der Waals surface area contributed by atoms with Crippen LogP contribution in [0.3, 0.4) is 0 Å². The molecule has 5 heteroatoms. The van der Waals surface area contributed by atoms with E-state index in [4.69, 9.17) is 10.1 Å². The highest BCUT2D eigenvalue weighted by molar-refractivity contribution is 6.04. The third-order valence-electron chi connectivity index (χ3n) is 2.76. The molecule has 16 heavy (non-hydrogen) atoms. The Hall–Kier alpha value is -0.940. The van der Waals surface area contributed by atoms with Gasteiger partial charge in [-0.1, -0.05) is 6.92 Å². The molecule has 0 bridgehead atoms. The largest absolute Gasteiger partial charge is 0.387 e. The van der Waals surface area contributed by atoms with Crippen LogP contribution >= 0.6 is 0 Å². The third kappa shape index (κ3) is 3.02. The van der Waals surface area contributed by atoms with Gasteiger partial charge in [-0.25, -0.2) is 0 Å². The van der Waals surface area contributed by atoms with Gasteiger partial charge in [0.2, 0.25) is 5.91 Å². The van der Waals surface area contributed by atoms with Gasteiger partial charge in [0, 0.05) is 18.8 Å². The van der Waals surface area contributed by atoms with Crippen molar-refractivity contribution in [1.82, 2.24) is 4.90 Å². The molecule has 1 rings (SSSR count). The molecule has 0 saturated carbocycles. The number of rotatable bonds is 4. The topological polar surface area (TPSA) is 73.6 Å². The molecule has 5 nitrogen and oxygen atoms in total. The van der Waals surface area contributed by atoms with Gasteiger partial charge in [-0.3, -0.25) is 4.79 Å². The Balaban J connectivity index is 2.64. The molecule has 2 unspecified atom stereocenters. The molecule has 1 saturated heterocycles. The lowest BCUT2D eigenvalue weighted by atomic mass is 9.95. The Morgan fingerprint density at radius 1 is 1.56 bits per heavy atom. The second-order valence-electron chi connectivity index (χ2n) is 3.87. The Morgan fingerprint density at radius 3 is 2.56 bits per heavy atom. The van der Waals surface area contributed by atoms with Gasteiger partial charge in [-0.05, 0) is 13.3 Å². The fraction of sp³-hybridized carbons (Fsp3) is 0.727. The number of morpholine rings is 1. The lowest BCUT2D eigenvalue weighted by molar-refractivity contribution is -0.137. The molecule has 1 aliphatic rings. The van der Waals surface area contributed by atoms with E-state index in [2.05, 4.69) is 6.92 Å². The molecule has 1 aliphatic heterocycles. The number of hydrogen-bond acceptors (Lipinski definition) is 4. The van der Waals surface area contributed by atoms with Gasteiger partial charge >= 0.3 is 0 Å². The molecule has 0 aliphatic carbocycles. The predicted molar refractivity (Wildman–Crippen MR) is 60.3 cm³/mol. The Bertz CT molecular complexity index is 260. The minimum absolute atomic E-state index is 0.000933. The quantitative estimate of drug-likeness (QED) is 0.668. The van der Waals surface area contributed by atoms with Gasteiger partial charge in [0.25, 0.3) is 0 Å². The highest BCUT2D eigenvalue weighted by Gasteiger charge is 2.29. The summed E-state index contributed by atoms with van der Waals surface area (Å²) >= 11 is 0. The van der Waals surface area contributed by atoms with Crippen molar-refractivity contribution in [2.75, 3.05) is 26.3 Å². The fourth-order valence-electron chi connectivity index (χ4n) is 1.76. The van der Waals surface area contributed by atoms with Crippen molar-refractivity contribution in [3.05, 3.63) is 6.92 Å². The summed E-state index contributed by atoms with van der Waals surface area (Å²) < 4.78 is 5.16. The summed E-state index contributed by atoms with van der Waals surface area (Å²) in [5.41, 5.74) is -0.000933. The summed E-state index contributed by atoms with van der Waals surface area (Å²) in [6.07, 6.45) is -0.586. The second kappa shape index (κ2) is 5.96. The number of aliphatic hydroxyl groups excluding tert-OH is 1.